The molecule has 0 aromatic heterocycles. The van der Waals surface area contributed by atoms with Crippen molar-refractivity contribution >= 4 is 23.4 Å². The van der Waals surface area contributed by atoms with Gasteiger partial charge in [-0.25, -0.2) is 4.79 Å². The molecule has 0 spiro atoms. The molecule has 2 N–H and O–H groups in total. The molecule has 0 saturated carbocycles. The molecule has 1 aromatic rings. The molecule has 1 fully saturated rings. The highest BCUT2D eigenvalue weighted by Gasteiger charge is 2.28. The van der Waals surface area contributed by atoms with Gasteiger partial charge in [0.25, 0.3) is 0 Å². The van der Waals surface area contributed by atoms with E-state index in [0.29, 0.717) is 29.7 Å². The molecule has 1 aliphatic heterocycles. The summed E-state index contributed by atoms with van der Waals surface area (Å²) in [6, 6.07) is 5.75. The molecule has 1 aliphatic rings. The Morgan fingerprint density at radius 3 is 2.52 bits per heavy atom. The van der Waals surface area contributed by atoms with E-state index in [1.54, 1.807) is 4.90 Å². The number of nitrogens with two attached hydrogens (primary N) is 1. The first-order chi connectivity index (χ1) is 9.78. The van der Waals surface area contributed by atoms with Gasteiger partial charge in [0.1, 0.15) is 5.60 Å². The van der Waals surface area contributed by atoms with E-state index in [1.165, 1.54) is 0 Å². The Labute approximate surface area is 131 Å². The Morgan fingerprint density at radius 1 is 1.33 bits per heavy atom. The summed E-state index contributed by atoms with van der Waals surface area (Å²) >= 11 is 6.28. The van der Waals surface area contributed by atoms with Crippen LogP contribution in [0, 0.1) is 0 Å². The number of rotatable bonds is 1. The maximum atomic E-state index is 12.0. The number of halogens is 1. The fraction of sp³-hybridized carbons (Fsp3) is 0.562. The van der Waals surface area contributed by atoms with Crippen LogP contribution in [0.25, 0.3) is 0 Å². The molecule has 21 heavy (non-hydrogen) atoms. The quantitative estimate of drug-likeness (QED) is 0.797. The van der Waals surface area contributed by atoms with Gasteiger partial charge in [0.15, 0.2) is 0 Å². The summed E-state index contributed by atoms with van der Waals surface area (Å²) in [5.41, 5.74) is 7.10. The second-order valence-electron chi connectivity index (χ2n) is 6.49. The van der Waals surface area contributed by atoms with Crippen molar-refractivity contribution < 1.29 is 9.53 Å². The first-order valence-electron chi connectivity index (χ1n) is 7.30. The summed E-state index contributed by atoms with van der Waals surface area (Å²) in [5, 5.41) is 0.646. The van der Waals surface area contributed by atoms with Gasteiger partial charge in [-0.2, -0.15) is 0 Å². The number of anilines is 1. The Kier molecular flexibility index (Phi) is 4.67. The Hall–Kier alpha value is -1.42. The van der Waals surface area contributed by atoms with Crippen molar-refractivity contribution in [2.75, 3.05) is 18.8 Å². The van der Waals surface area contributed by atoms with Gasteiger partial charge in [0.2, 0.25) is 0 Å². The van der Waals surface area contributed by atoms with Crippen molar-refractivity contribution in [3.05, 3.63) is 28.8 Å². The third kappa shape index (κ3) is 4.03. The second-order valence-corrected chi connectivity index (χ2v) is 6.87. The lowest BCUT2D eigenvalue weighted by Gasteiger charge is -2.34. The molecule has 0 radical (unpaired) electrons. The van der Waals surface area contributed by atoms with Crippen molar-refractivity contribution in [1.29, 1.82) is 0 Å². The van der Waals surface area contributed by atoms with Crippen molar-refractivity contribution in [2.24, 2.45) is 0 Å². The molecule has 0 bridgehead atoms. The molecule has 1 heterocycles. The van der Waals surface area contributed by atoms with Gasteiger partial charge in [0.05, 0.1) is 10.7 Å². The number of nitrogens with zero attached hydrogens (tertiary/aromatic N) is 1. The molecule has 1 aromatic carbocycles. The molecule has 5 heteroatoms. The normalized spacial score (nSPS) is 16.9. The zero-order chi connectivity index (χ0) is 15.6. The summed E-state index contributed by atoms with van der Waals surface area (Å²) in [6.07, 6.45) is 1.52. The van der Waals surface area contributed by atoms with E-state index < -0.39 is 5.60 Å². The smallest absolute Gasteiger partial charge is 0.410 e. The van der Waals surface area contributed by atoms with E-state index in [4.69, 9.17) is 22.1 Å². The standard InChI is InChI=1S/C16H23ClN2O2/c1-16(2,3)21-15(20)19-9-7-11(8-10-19)12-5-4-6-13(18)14(12)17/h4-6,11H,7-10,18H2,1-3H3. The number of benzene rings is 1. The monoisotopic (exact) mass is 310 g/mol. The van der Waals surface area contributed by atoms with Gasteiger partial charge < -0.3 is 15.4 Å². The topological polar surface area (TPSA) is 55.6 Å². The lowest BCUT2D eigenvalue weighted by Crippen LogP contribution is -2.41. The van der Waals surface area contributed by atoms with Gasteiger partial charge in [-0.1, -0.05) is 23.7 Å². The van der Waals surface area contributed by atoms with E-state index >= 15 is 0 Å². The van der Waals surface area contributed by atoms with Crippen molar-refractivity contribution in [3.8, 4) is 0 Å². The van der Waals surface area contributed by atoms with Gasteiger partial charge in [0, 0.05) is 13.1 Å². The maximum Gasteiger partial charge on any atom is 0.410 e. The fourth-order valence-electron chi connectivity index (χ4n) is 2.58. The van der Waals surface area contributed by atoms with Crippen LogP contribution in [0.2, 0.25) is 5.02 Å². The van der Waals surface area contributed by atoms with E-state index in [2.05, 4.69) is 0 Å². The zero-order valence-electron chi connectivity index (χ0n) is 12.9. The number of carbonyl (C=O) groups excluding carboxylic acids is 1. The number of likely N-dealkylation sites (tertiary alicyclic amines) is 1. The van der Waals surface area contributed by atoms with Crippen LogP contribution in [0.3, 0.4) is 0 Å². The molecule has 0 unspecified atom stereocenters. The largest absolute Gasteiger partial charge is 0.444 e. The fourth-order valence-corrected chi connectivity index (χ4v) is 2.86. The number of ether oxygens (including phenoxy) is 1. The highest BCUT2D eigenvalue weighted by atomic mass is 35.5. The number of piperidine rings is 1. The number of carbonyl (C=O) groups is 1. The van der Waals surface area contributed by atoms with Crippen LogP contribution in [0.5, 0.6) is 0 Å². The first kappa shape index (κ1) is 16.0. The first-order valence-corrected chi connectivity index (χ1v) is 7.67. The summed E-state index contributed by atoms with van der Waals surface area (Å²) in [4.78, 5) is 13.8. The van der Waals surface area contributed by atoms with Crippen molar-refractivity contribution in [1.82, 2.24) is 4.90 Å². The lowest BCUT2D eigenvalue weighted by molar-refractivity contribution is 0.0205. The molecule has 116 valence electrons. The molecule has 0 aliphatic carbocycles. The maximum absolute atomic E-state index is 12.0. The van der Waals surface area contributed by atoms with Crippen molar-refractivity contribution in [2.45, 2.75) is 45.1 Å². The molecule has 1 amide bonds. The van der Waals surface area contributed by atoms with Crippen LogP contribution in [-0.4, -0.2) is 29.7 Å². The average Bonchev–Trinajstić information content (AvgIpc) is 2.40. The minimum atomic E-state index is -0.453. The van der Waals surface area contributed by atoms with Gasteiger partial charge in [-0.05, 0) is 51.2 Å². The Morgan fingerprint density at radius 2 is 1.95 bits per heavy atom. The molecule has 0 atom stereocenters. The van der Waals surface area contributed by atoms with Crippen LogP contribution in [0.1, 0.15) is 45.1 Å². The minimum absolute atomic E-state index is 0.236. The second kappa shape index (κ2) is 6.14. The molecule has 4 nitrogen and oxygen atoms in total. The number of hydrogen-bond acceptors (Lipinski definition) is 3. The SMILES string of the molecule is CC(C)(C)OC(=O)N1CCC(c2cccc(N)c2Cl)CC1. The number of amides is 1. The predicted molar refractivity (Wildman–Crippen MR) is 85.6 cm³/mol. The summed E-state index contributed by atoms with van der Waals surface area (Å²) in [7, 11) is 0. The summed E-state index contributed by atoms with van der Waals surface area (Å²) < 4.78 is 5.40. The van der Waals surface area contributed by atoms with E-state index in [9.17, 15) is 4.79 Å². The Bertz CT molecular complexity index is 517. The summed E-state index contributed by atoms with van der Waals surface area (Å²) in [5.74, 6) is 0.347. The molecule has 2 rings (SSSR count). The van der Waals surface area contributed by atoms with Crippen LogP contribution in [0.4, 0.5) is 10.5 Å². The van der Waals surface area contributed by atoms with Crippen LogP contribution in [0.15, 0.2) is 18.2 Å². The van der Waals surface area contributed by atoms with Crippen molar-refractivity contribution in [3.63, 3.8) is 0 Å². The Balaban J connectivity index is 1.97. The minimum Gasteiger partial charge on any atom is -0.444 e. The summed E-state index contributed by atoms with van der Waals surface area (Å²) in [6.45, 7) is 7.01. The van der Waals surface area contributed by atoms with Gasteiger partial charge in [-0.3, -0.25) is 0 Å². The van der Waals surface area contributed by atoms with Gasteiger partial charge in [-0.15, -0.1) is 0 Å². The van der Waals surface area contributed by atoms with Crippen LogP contribution in [-0.2, 0) is 4.74 Å². The number of nitrogen functional groups attached to an aromatic ring is 1. The van der Waals surface area contributed by atoms with E-state index in [1.807, 2.05) is 39.0 Å². The van der Waals surface area contributed by atoms with Crippen LogP contribution < -0.4 is 5.73 Å². The predicted octanol–water partition coefficient (Wildman–Crippen LogP) is 4.04. The number of hydrogen-bond donors (Lipinski definition) is 1. The molecular weight excluding hydrogens is 288 g/mol. The highest BCUT2D eigenvalue weighted by Crippen LogP contribution is 2.35. The molecular formula is C16H23ClN2O2. The van der Waals surface area contributed by atoms with Crippen LogP contribution >= 0.6 is 11.6 Å². The zero-order valence-corrected chi connectivity index (χ0v) is 13.6. The van der Waals surface area contributed by atoms with Gasteiger partial charge >= 0.3 is 6.09 Å². The average molecular weight is 311 g/mol. The van der Waals surface area contributed by atoms with E-state index in [-0.39, 0.29) is 6.09 Å². The molecule has 1 saturated heterocycles. The van der Waals surface area contributed by atoms with E-state index in [0.717, 1.165) is 18.4 Å². The lowest BCUT2D eigenvalue weighted by atomic mass is 9.89. The highest BCUT2D eigenvalue weighted by molar-refractivity contribution is 6.33. The third-order valence-electron chi connectivity index (χ3n) is 3.64. The third-order valence-corrected chi connectivity index (χ3v) is 4.08.